The quantitative estimate of drug-likeness (QED) is 0.549. The molecule has 1 aromatic carbocycles. The summed E-state index contributed by atoms with van der Waals surface area (Å²) in [5, 5.41) is 0. The Morgan fingerprint density at radius 3 is 2.44 bits per heavy atom. The SMILES string of the molecule is CCCCCCC[CH]c1ccc(C)cc1C. The molecule has 0 aliphatic carbocycles. The van der Waals surface area contributed by atoms with Crippen LogP contribution in [-0.2, 0) is 0 Å². The van der Waals surface area contributed by atoms with E-state index in [9.17, 15) is 0 Å². The molecule has 89 valence electrons. The van der Waals surface area contributed by atoms with Crippen molar-refractivity contribution >= 4 is 0 Å². The van der Waals surface area contributed by atoms with E-state index in [1.165, 1.54) is 55.2 Å². The number of rotatable bonds is 7. The van der Waals surface area contributed by atoms with E-state index >= 15 is 0 Å². The van der Waals surface area contributed by atoms with Crippen molar-refractivity contribution in [2.24, 2.45) is 0 Å². The number of benzene rings is 1. The van der Waals surface area contributed by atoms with Crippen LogP contribution >= 0.6 is 0 Å². The van der Waals surface area contributed by atoms with Crippen LogP contribution in [0.3, 0.4) is 0 Å². The molecule has 0 atom stereocenters. The summed E-state index contributed by atoms with van der Waals surface area (Å²) in [5.41, 5.74) is 4.19. The molecular formula is C16H25. The largest absolute Gasteiger partial charge is 0.0654 e. The second-order valence-corrected chi connectivity index (χ2v) is 4.77. The molecule has 0 N–H and O–H groups in total. The molecule has 0 amide bonds. The Morgan fingerprint density at radius 2 is 1.75 bits per heavy atom. The van der Waals surface area contributed by atoms with E-state index < -0.39 is 0 Å². The monoisotopic (exact) mass is 217 g/mol. The van der Waals surface area contributed by atoms with Crippen molar-refractivity contribution in [2.45, 2.75) is 59.3 Å². The lowest BCUT2D eigenvalue weighted by molar-refractivity contribution is 0.631. The van der Waals surface area contributed by atoms with Crippen molar-refractivity contribution in [3.63, 3.8) is 0 Å². The van der Waals surface area contributed by atoms with Gasteiger partial charge in [0.25, 0.3) is 0 Å². The minimum Gasteiger partial charge on any atom is -0.0654 e. The Morgan fingerprint density at radius 1 is 1.00 bits per heavy atom. The lowest BCUT2D eigenvalue weighted by Crippen LogP contribution is -1.88. The lowest BCUT2D eigenvalue weighted by Gasteiger charge is -2.06. The van der Waals surface area contributed by atoms with Crippen LogP contribution in [0.2, 0.25) is 0 Å². The summed E-state index contributed by atoms with van der Waals surface area (Å²) in [5.74, 6) is 0. The zero-order valence-electron chi connectivity index (χ0n) is 11.1. The molecule has 0 aromatic heterocycles. The highest BCUT2D eigenvalue weighted by molar-refractivity contribution is 5.35. The first-order valence-electron chi connectivity index (χ1n) is 6.64. The fraction of sp³-hybridized carbons (Fsp3) is 0.562. The molecule has 0 heteroatoms. The number of hydrogen-bond donors (Lipinski definition) is 0. The first-order valence-corrected chi connectivity index (χ1v) is 6.64. The molecule has 0 bridgehead atoms. The molecule has 0 fully saturated rings. The number of hydrogen-bond acceptors (Lipinski definition) is 0. The minimum absolute atomic E-state index is 1.23. The van der Waals surface area contributed by atoms with Gasteiger partial charge in [-0.05, 0) is 37.8 Å². The van der Waals surface area contributed by atoms with Crippen LogP contribution in [0.4, 0.5) is 0 Å². The van der Waals surface area contributed by atoms with E-state index in [1.54, 1.807) is 0 Å². The summed E-state index contributed by atoms with van der Waals surface area (Å²) in [4.78, 5) is 0. The standard InChI is InChI=1S/C16H25/c1-4-5-6-7-8-9-10-16-12-11-14(2)13-15(16)3/h10-13H,4-9H2,1-3H3. The van der Waals surface area contributed by atoms with E-state index in [4.69, 9.17) is 0 Å². The van der Waals surface area contributed by atoms with Gasteiger partial charge in [0.1, 0.15) is 0 Å². The highest BCUT2D eigenvalue weighted by atomic mass is 14.0. The number of unbranched alkanes of at least 4 members (excludes halogenated alkanes) is 5. The molecule has 16 heavy (non-hydrogen) atoms. The van der Waals surface area contributed by atoms with Gasteiger partial charge >= 0.3 is 0 Å². The van der Waals surface area contributed by atoms with E-state index in [2.05, 4.69) is 45.4 Å². The smallest absolute Gasteiger partial charge is 0.00904 e. The third-order valence-corrected chi connectivity index (χ3v) is 3.10. The Kier molecular flexibility index (Phi) is 6.22. The van der Waals surface area contributed by atoms with Crippen LogP contribution in [0.1, 0.15) is 62.1 Å². The van der Waals surface area contributed by atoms with Crippen molar-refractivity contribution in [3.05, 3.63) is 41.3 Å². The van der Waals surface area contributed by atoms with Crippen molar-refractivity contribution in [3.8, 4) is 0 Å². The van der Waals surface area contributed by atoms with E-state index in [0.29, 0.717) is 0 Å². The molecule has 0 heterocycles. The van der Waals surface area contributed by atoms with Gasteiger partial charge in [-0.15, -0.1) is 0 Å². The Bertz CT molecular complexity index is 299. The van der Waals surface area contributed by atoms with Gasteiger partial charge in [0.15, 0.2) is 0 Å². The zero-order valence-corrected chi connectivity index (χ0v) is 11.1. The first kappa shape index (κ1) is 13.3. The highest BCUT2D eigenvalue weighted by Crippen LogP contribution is 2.16. The zero-order chi connectivity index (χ0) is 11.8. The van der Waals surface area contributed by atoms with E-state index in [1.807, 2.05) is 0 Å². The van der Waals surface area contributed by atoms with Crippen LogP contribution in [-0.4, -0.2) is 0 Å². The maximum Gasteiger partial charge on any atom is -0.00904 e. The normalized spacial score (nSPS) is 10.7. The van der Waals surface area contributed by atoms with Crippen molar-refractivity contribution in [2.75, 3.05) is 0 Å². The fourth-order valence-corrected chi connectivity index (χ4v) is 2.06. The average molecular weight is 217 g/mol. The first-order chi connectivity index (χ1) is 7.74. The maximum atomic E-state index is 2.39. The number of aryl methyl sites for hydroxylation is 2. The van der Waals surface area contributed by atoms with Gasteiger partial charge in [0.2, 0.25) is 0 Å². The van der Waals surface area contributed by atoms with E-state index in [-0.39, 0.29) is 0 Å². The van der Waals surface area contributed by atoms with Gasteiger partial charge in [-0.25, -0.2) is 0 Å². The summed E-state index contributed by atoms with van der Waals surface area (Å²) in [6.07, 6.45) is 10.5. The Hall–Kier alpha value is -0.780. The Balaban J connectivity index is 2.21. The topological polar surface area (TPSA) is 0 Å². The molecule has 0 saturated carbocycles. The maximum absolute atomic E-state index is 2.39. The van der Waals surface area contributed by atoms with Crippen LogP contribution in [0, 0.1) is 20.3 Å². The van der Waals surface area contributed by atoms with Gasteiger partial charge in [-0.2, -0.15) is 0 Å². The molecule has 0 unspecified atom stereocenters. The Labute approximate surface area is 101 Å². The summed E-state index contributed by atoms with van der Waals surface area (Å²) < 4.78 is 0. The molecule has 0 nitrogen and oxygen atoms in total. The molecule has 0 aliphatic rings. The predicted molar refractivity (Wildman–Crippen MR) is 72.7 cm³/mol. The van der Waals surface area contributed by atoms with Gasteiger partial charge < -0.3 is 0 Å². The highest BCUT2D eigenvalue weighted by Gasteiger charge is 1.98. The molecule has 0 spiro atoms. The van der Waals surface area contributed by atoms with Gasteiger partial charge in [0, 0.05) is 0 Å². The summed E-state index contributed by atoms with van der Waals surface area (Å²) >= 11 is 0. The van der Waals surface area contributed by atoms with Crippen LogP contribution < -0.4 is 0 Å². The minimum atomic E-state index is 1.23. The predicted octanol–water partition coefficient (Wildman–Crippen LogP) is 5.22. The van der Waals surface area contributed by atoms with Crippen LogP contribution in [0.15, 0.2) is 18.2 Å². The molecule has 1 aromatic rings. The second-order valence-electron chi connectivity index (χ2n) is 4.77. The molecular weight excluding hydrogens is 192 g/mol. The van der Waals surface area contributed by atoms with Crippen LogP contribution in [0.25, 0.3) is 0 Å². The second kappa shape index (κ2) is 7.49. The molecule has 1 rings (SSSR count). The third-order valence-electron chi connectivity index (χ3n) is 3.10. The molecule has 0 saturated heterocycles. The van der Waals surface area contributed by atoms with Gasteiger partial charge in [0.05, 0.1) is 0 Å². The van der Waals surface area contributed by atoms with Gasteiger partial charge in [-0.1, -0.05) is 62.8 Å². The van der Waals surface area contributed by atoms with Crippen molar-refractivity contribution in [1.29, 1.82) is 0 Å². The van der Waals surface area contributed by atoms with Crippen LogP contribution in [0.5, 0.6) is 0 Å². The fourth-order valence-electron chi connectivity index (χ4n) is 2.06. The summed E-state index contributed by atoms with van der Waals surface area (Å²) in [6.45, 7) is 6.62. The van der Waals surface area contributed by atoms with Gasteiger partial charge in [-0.3, -0.25) is 0 Å². The summed E-state index contributed by atoms with van der Waals surface area (Å²) in [7, 11) is 0. The lowest BCUT2D eigenvalue weighted by atomic mass is 10.00. The van der Waals surface area contributed by atoms with Crippen molar-refractivity contribution in [1.82, 2.24) is 0 Å². The molecule has 0 aliphatic heterocycles. The van der Waals surface area contributed by atoms with Crippen molar-refractivity contribution < 1.29 is 0 Å². The average Bonchev–Trinajstić information content (AvgIpc) is 2.26. The summed E-state index contributed by atoms with van der Waals surface area (Å²) in [6, 6.07) is 6.72. The van der Waals surface area contributed by atoms with E-state index in [0.717, 1.165) is 0 Å². The third kappa shape index (κ3) is 4.83. The molecule has 1 radical (unpaired) electrons.